The topological polar surface area (TPSA) is 116 Å². The van der Waals surface area contributed by atoms with E-state index in [9.17, 15) is 9.18 Å². The summed E-state index contributed by atoms with van der Waals surface area (Å²) in [5, 5.41) is 3.34. The van der Waals surface area contributed by atoms with Crippen LogP contribution in [-0.2, 0) is 4.79 Å². The van der Waals surface area contributed by atoms with Crippen LogP contribution < -0.4 is 4.74 Å². The van der Waals surface area contributed by atoms with Crippen molar-refractivity contribution in [2.45, 2.75) is 13.8 Å². The number of aromatic nitrogens is 2. The van der Waals surface area contributed by atoms with E-state index in [0.29, 0.717) is 0 Å². The van der Waals surface area contributed by atoms with Crippen LogP contribution in [0.15, 0.2) is 16.3 Å². The third-order valence-electron chi connectivity index (χ3n) is 2.38. The van der Waals surface area contributed by atoms with Crippen LogP contribution in [0.5, 0.6) is 6.01 Å². The first-order valence-electron chi connectivity index (χ1n) is 6.22. The molecule has 0 fully saturated rings. The first-order valence-corrected chi connectivity index (χ1v) is 6.22. The highest BCUT2D eigenvalue weighted by Crippen LogP contribution is 2.21. The first kappa shape index (κ1) is 17.3. The number of halogens is 1. The molecule has 0 aliphatic carbocycles. The molecule has 1 aromatic rings. The number of aliphatic imine (C=N–C) groups is 1. The van der Waals surface area contributed by atoms with Crippen LogP contribution >= 0.6 is 0 Å². The van der Waals surface area contributed by atoms with Gasteiger partial charge in [0.2, 0.25) is 0 Å². The van der Waals surface area contributed by atoms with E-state index < -0.39 is 17.2 Å². The van der Waals surface area contributed by atoms with Crippen LogP contribution in [0.4, 0.5) is 10.2 Å². The Labute approximate surface area is 126 Å². The summed E-state index contributed by atoms with van der Waals surface area (Å²) in [7, 11) is 3.42. The number of rotatable bonds is 6. The van der Waals surface area contributed by atoms with Gasteiger partial charge in [-0.1, -0.05) is 5.11 Å². The van der Waals surface area contributed by atoms with Gasteiger partial charge in [-0.2, -0.15) is 4.98 Å². The number of hydrogen-bond acceptors (Lipinski definition) is 6. The van der Waals surface area contributed by atoms with Gasteiger partial charge in [0.05, 0.1) is 18.0 Å². The lowest BCUT2D eigenvalue weighted by Crippen LogP contribution is -2.32. The van der Waals surface area contributed by atoms with Crippen LogP contribution in [0.2, 0.25) is 0 Å². The summed E-state index contributed by atoms with van der Waals surface area (Å²) in [6.07, 6.45) is 2.21. The second kappa shape index (κ2) is 7.32. The van der Waals surface area contributed by atoms with Crippen molar-refractivity contribution in [3.05, 3.63) is 22.5 Å². The molecule has 0 saturated heterocycles. The molecule has 0 amide bonds. The van der Waals surface area contributed by atoms with Crippen molar-refractivity contribution < 1.29 is 13.9 Å². The third kappa shape index (κ3) is 4.98. The van der Waals surface area contributed by atoms with Gasteiger partial charge in [0.15, 0.2) is 11.6 Å². The third-order valence-corrected chi connectivity index (χ3v) is 2.38. The smallest absolute Gasteiger partial charge is 0.326 e. The van der Waals surface area contributed by atoms with E-state index in [1.165, 1.54) is 6.34 Å². The van der Waals surface area contributed by atoms with Gasteiger partial charge in [0.1, 0.15) is 0 Å². The van der Waals surface area contributed by atoms with Crippen LogP contribution in [0, 0.1) is 11.2 Å². The highest BCUT2D eigenvalue weighted by Gasteiger charge is 2.30. The number of hydrogen-bond donors (Lipinski definition) is 0. The number of nitrogens with zero attached hydrogens (tertiary/aromatic N) is 7. The summed E-state index contributed by atoms with van der Waals surface area (Å²) in [4.78, 5) is 27.3. The molecule has 0 atom stereocenters. The molecular formula is C12H16FN7O2. The second-order valence-corrected chi connectivity index (χ2v) is 5.19. The molecule has 0 aromatic carbocycles. The van der Waals surface area contributed by atoms with Gasteiger partial charge >= 0.3 is 12.0 Å². The molecule has 0 N–H and O–H groups in total. The maximum Gasteiger partial charge on any atom is 0.326 e. The van der Waals surface area contributed by atoms with Crippen LogP contribution in [0.1, 0.15) is 13.8 Å². The fraction of sp³-hybridized carbons (Fsp3) is 0.500. The van der Waals surface area contributed by atoms with E-state index in [-0.39, 0.29) is 18.4 Å². The Morgan fingerprint density at radius 1 is 1.59 bits per heavy atom. The first-order chi connectivity index (χ1) is 10.3. The molecule has 1 heterocycles. The lowest BCUT2D eigenvalue weighted by Gasteiger charge is -2.18. The van der Waals surface area contributed by atoms with Gasteiger partial charge < -0.3 is 9.64 Å². The Bertz CT molecular complexity index is 624. The Hall–Kier alpha value is -2.74. The van der Waals surface area contributed by atoms with Crippen LogP contribution in [0.3, 0.4) is 0 Å². The Morgan fingerprint density at radius 2 is 2.27 bits per heavy atom. The maximum absolute atomic E-state index is 13.5. The SMILES string of the molecule is CN(C)/C=N/c1nc(OC(=O)C(C)(C)CN=[N+]=[N-])ncc1F. The fourth-order valence-electron chi connectivity index (χ4n) is 1.15. The number of carbonyl (C=O) groups is 1. The van der Waals surface area contributed by atoms with Gasteiger partial charge in [-0.15, -0.1) is 0 Å². The molecule has 0 aliphatic rings. The summed E-state index contributed by atoms with van der Waals surface area (Å²) in [6.45, 7) is 2.99. The summed E-state index contributed by atoms with van der Waals surface area (Å²) >= 11 is 0. The number of carbonyl (C=O) groups excluding carboxylic acids is 1. The van der Waals surface area contributed by atoms with E-state index >= 15 is 0 Å². The van der Waals surface area contributed by atoms with Crippen molar-refractivity contribution in [3.8, 4) is 6.01 Å². The fourth-order valence-corrected chi connectivity index (χ4v) is 1.15. The zero-order chi connectivity index (χ0) is 16.8. The minimum Gasteiger partial charge on any atom is -0.390 e. The van der Waals surface area contributed by atoms with Crippen LogP contribution in [-0.4, -0.2) is 47.8 Å². The summed E-state index contributed by atoms with van der Waals surface area (Å²) < 4.78 is 18.5. The molecule has 1 rings (SSSR count). The van der Waals surface area contributed by atoms with Gasteiger partial charge in [-0.3, -0.25) is 4.79 Å². The van der Waals surface area contributed by atoms with E-state index in [4.69, 9.17) is 10.3 Å². The predicted octanol–water partition coefficient (Wildman–Crippen LogP) is 2.08. The number of esters is 1. The standard InChI is InChI=1S/C12H16FN7O2/c1-12(2,6-17-19-14)10(21)22-11-15-5-8(13)9(18-11)16-7-20(3)4/h5,7H,6H2,1-4H3/b16-7+. The molecule has 22 heavy (non-hydrogen) atoms. The molecule has 0 saturated carbocycles. The number of azide groups is 1. The molecule has 0 radical (unpaired) electrons. The molecule has 1 aromatic heterocycles. The largest absolute Gasteiger partial charge is 0.390 e. The summed E-state index contributed by atoms with van der Waals surface area (Å²) in [5.41, 5.74) is 7.23. The Kier molecular flexibility index (Phi) is 5.76. The van der Waals surface area contributed by atoms with Crippen molar-refractivity contribution in [1.82, 2.24) is 14.9 Å². The van der Waals surface area contributed by atoms with Gasteiger partial charge in [0, 0.05) is 25.6 Å². The van der Waals surface area contributed by atoms with Gasteiger partial charge in [-0.05, 0) is 19.4 Å². The molecule has 118 valence electrons. The van der Waals surface area contributed by atoms with Crippen molar-refractivity contribution in [2.75, 3.05) is 20.6 Å². The van der Waals surface area contributed by atoms with Crippen molar-refractivity contribution >= 4 is 18.1 Å². The van der Waals surface area contributed by atoms with Crippen LogP contribution in [0.25, 0.3) is 10.4 Å². The average Bonchev–Trinajstić information content (AvgIpc) is 2.45. The lowest BCUT2D eigenvalue weighted by atomic mass is 9.94. The second-order valence-electron chi connectivity index (χ2n) is 5.19. The quantitative estimate of drug-likeness (QED) is 0.199. The minimum absolute atomic E-state index is 0.0881. The van der Waals surface area contributed by atoms with Gasteiger partial charge in [-0.25, -0.2) is 14.4 Å². The molecular weight excluding hydrogens is 293 g/mol. The Balaban J connectivity index is 2.92. The van der Waals surface area contributed by atoms with Gasteiger partial charge in [0.25, 0.3) is 0 Å². The van der Waals surface area contributed by atoms with Crippen molar-refractivity contribution in [2.24, 2.45) is 15.5 Å². The normalized spacial score (nSPS) is 11.1. The summed E-state index contributed by atoms with van der Waals surface area (Å²) in [6, 6.07) is -0.327. The highest BCUT2D eigenvalue weighted by molar-refractivity contribution is 5.78. The average molecular weight is 309 g/mol. The van der Waals surface area contributed by atoms with Crippen molar-refractivity contribution in [3.63, 3.8) is 0 Å². The monoisotopic (exact) mass is 309 g/mol. The zero-order valence-corrected chi connectivity index (χ0v) is 12.7. The molecule has 10 heteroatoms. The molecule has 0 spiro atoms. The highest BCUT2D eigenvalue weighted by atomic mass is 19.1. The number of ether oxygens (including phenoxy) is 1. The van der Waals surface area contributed by atoms with E-state index in [2.05, 4.69) is 25.0 Å². The van der Waals surface area contributed by atoms with Crippen molar-refractivity contribution in [1.29, 1.82) is 0 Å². The molecule has 0 bridgehead atoms. The van der Waals surface area contributed by atoms with E-state index in [0.717, 1.165) is 6.20 Å². The zero-order valence-electron chi connectivity index (χ0n) is 12.7. The predicted molar refractivity (Wildman–Crippen MR) is 77.3 cm³/mol. The minimum atomic E-state index is -1.06. The molecule has 0 unspecified atom stereocenters. The Morgan fingerprint density at radius 3 is 2.86 bits per heavy atom. The van der Waals surface area contributed by atoms with E-state index in [1.807, 2.05) is 0 Å². The summed E-state index contributed by atoms with van der Waals surface area (Å²) in [5.74, 6) is -1.69. The lowest BCUT2D eigenvalue weighted by molar-refractivity contribution is -0.144. The van der Waals surface area contributed by atoms with E-state index in [1.54, 1.807) is 32.8 Å². The molecule has 9 nitrogen and oxygen atoms in total. The maximum atomic E-state index is 13.5. The molecule has 0 aliphatic heterocycles.